The first-order chi connectivity index (χ1) is 9.86. The summed E-state index contributed by atoms with van der Waals surface area (Å²) in [5.74, 6) is -0.652. The zero-order valence-electron chi connectivity index (χ0n) is 14.1. The van der Waals surface area contributed by atoms with Gasteiger partial charge in [-0.15, -0.1) is 0 Å². The fourth-order valence-electron chi connectivity index (χ4n) is 1.89. The van der Waals surface area contributed by atoms with E-state index in [2.05, 4.69) is 33.9 Å². The van der Waals surface area contributed by atoms with Crippen molar-refractivity contribution in [3.63, 3.8) is 0 Å². The summed E-state index contributed by atoms with van der Waals surface area (Å²) < 4.78 is 16.0. The van der Waals surface area contributed by atoms with Crippen LogP contribution in [0.15, 0.2) is 0 Å². The van der Waals surface area contributed by atoms with Gasteiger partial charge in [0, 0.05) is 6.92 Å². The van der Waals surface area contributed by atoms with Crippen LogP contribution in [0.5, 0.6) is 0 Å². The molecule has 1 heterocycles. The highest BCUT2D eigenvalue weighted by Gasteiger charge is 2.47. The van der Waals surface area contributed by atoms with Gasteiger partial charge < -0.3 is 29.2 Å². The quantitative estimate of drug-likeness (QED) is 0.503. The van der Waals surface area contributed by atoms with E-state index in [4.69, 9.17) is 13.9 Å². The first-order valence-electron chi connectivity index (χ1n) is 7.37. The molecule has 1 aliphatic heterocycles. The van der Waals surface area contributed by atoms with Crippen LogP contribution in [0, 0.1) is 0 Å². The smallest absolute Gasteiger partial charge is 0.303 e. The Kier molecular flexibility index (Phi) is 6.16. The van der Waals surface area contributed by atoms with E-state index < -0.39 is 45.0 Å². The van der Waals surface area contributed by atoms with Gasteiger partial charge in [0.25, 0.3) is 0 Å². The molecule has 0 aromatic carbocycles. The molecule has 0 radical (unpaired) electrons. The molecule has 0 aliphatic carbocycles. The highest BCUT2D eigenvalue weighted by atomic mass is 28.4. The molecule has 3 N–H and O–H groups in total. The molecule has 1 saturated heterocycles. The van der Waals surface area contributed by atoms with Crippen molar-refractivity contribution in [2.24, 2.45) is 0 Å². The van der Waals surface area contributed by atoms with Crippen LogP contribution in [0.3, 0.4) is 0 Å². The summed E-state index contributed by atoms with van der Waals surface area (Å²) in [4.78, 5) is 11.1. The van der Waals surface area contributed by atoms with Gasteiger partial charge in [-0.05, 0) is 18.1 Å². The molecule has 1 aliphatic rings. The number of carbonyl (C=O) groups excluding carboxylic acids is 1. The molecule has 0 bridgehead atoms. The van der Waals surface area contributed by atoms with E-state index in [1.54, 1.807) is 0 Å². The highest BCUT2D eigenvalue weighted by molar-refractivity contribution is 6.74. The lowest BCUT2D eigenvalue weighted by Crippen LogP contribution is -2.60. The fourth-order valence-corrected chi connectivity index (χ4v) is 2.91. The van der Waals surface area contributed by atoms with Gasteiger partial charge in [-0.3, -0.25) is 4.79 Å². The van der Waals surface area contributed by atoms with Crippen LogP contribution in [0.25, 0.3) is 0 Å². The van der Waals surface area contributed by atoms with Crippen molar-refractivity contribution in [3.05, 3.63) is 0 Å². The van der Waals surface area contributed by atoms with Crippen LogP contribution in [0.4, 0.5) is 0 Å². The molecular formula is C14H28O7Si. The molecule has 0 aromatic heterocycles. The van der Waals surface area contributed by atoms with Gasteiger partial charge in [-0.1, -0.05) is 20.8 Å². The normalized spacial score (nSPS) is 33.6. The van der Waals surface area contributed by atoms with Crippen molar-refractivity contribution in [3.8, 4) is 0 Å². The van der Waals surface area contributed by atoms with Gasteiger partial charge in [-0.25, -0.2) is 0 Å². The maximum Gasteiger partial charge on any atom is 0.303 e. The largest absolute Gasteiger partial charge is 0.457 e. The molecule has 130 valence electrons. The molecule has 5 atom stereocenters. The first-order valence-corrected chi connectivity index (χ1v) is 10.3. The van der Waals surface area contributed by atoms with E-state index in [1.807, 2.05) is 0 Å². The molecule has 0 saturated carbocycles. The molecule has 0 amide bonds. The maximum absolute atomic E-state index is 11.1. The number of ether oxygens (including phenoxy) is 2. The number of hydrogen-bond donors (Lipinski definition) is 3. The molecule has 0 unspecified atom stereocenters. The first kappa shape index (κ1) is 19.5. The van der Waals surface area contributed by atoms with E-state index in [0.29, 0.717) is 0 Å². The summed E-state index contributed by atoms with van der Waals surface area (Å²) in [5, 5.41) is 29.7. The molecular weight excluding hydrogens is 308 g/mol. The van der Waals surface area contributed by atoms with Crippen LogP contribution in [0.2, 0.25) is 18.1 Å². The zero-order valence-corrected chi connectivity index (χ0v) is 15.1. The van der Waals surface area contributed by atoms with Crippen molar-refractivity contribution in [1.82, 2.24) is 0 Å². The molecule has 7 nitrogen and oxygen atoms in total. The molecule has 22 heavy (non-hydrogen) atoms. The van der Waals surface area contributed by atoms with Crippen molar-refractivity contribution >= 4 is 14.3 Å². The lowest BCUT2D eigenvalue weighted by atomic mass is 9.99. The average Bonchev–Trinajstić information content (AvgIpc) is 2.35. The minimum atomic E-state index is -2.05. The van der Waals surface area contributed by atoms with Crippen LogP contribution in [0.1, 0.15) is 27.7 Å². The predicted molar refractivity (Wildman–Crippen MR) is 81.6 cm³/mol. The Hall–Kier alpha value is -0.513. The van der Waals surface area contributed by atoms with Crippen LogP contribution < -0.4 is 0 Å². The van der Waals surface area contributed by atoms with E-state index in [9.17, 15) is 20.1 Å². The van der Waals surface area contributed by atoms with Gasteiger partial charge >= 0.3 is 5.97 Å². The Morgan fingerprint density at radius 3 is 2.18 bits per heavy atom. The predicted octanol–water partition coefficient (Wildman–Crippen LogP) is 0.379. The standard InChI is InChI=1S/C14H28O7Si/c1-8(15)20-12-10(16)9(21-13(18)11(12)17)7-19-22(5,6)14(2,3)4/h9-13,16-18H,7H2,1-6H3/t9-,10-,11-,12+,13+/m1/s1. The molecule has 0 aromatic rings. The van der Waals surface area contributed by atoms with Gasteiger partial charge in [0.15, 0.2) is 20.7 Å². The number of rotatable bonds is 4. The van der Waals surface area contributed by atoms with Gasteiger partial charge in [-0.2, -0.15) is 0 Å². The molecule has 8 heteroatoms. The summed E-state index contributed by atoms with van der Waals surface area (Å²) in [6.07, 6.45) is -6.43. The third-order valence-corrected chi connectivity index (χ3v) is 8.88. The Labute approximate surface area is 132 Å². The summed E-state index contributed by atoms with van der Waals surface area (Å²) >= 11 is 0. The Bertz CT molecular complexity index is 393. The zero-order chi connectivity index (χ0) is 17.3. The van der Waals surface area contributed by atoms with E-state index in [-0.39, 0.29) is 11.6 Å². The number of carbonyl (C=O) groups is 1. The van der Waals surface area contributed by atoms with E-state index in [0.717, 1.165) is 0 Å². The summed E-state index contributed by atoms with van der Waals surface area (Å²) in [6, 6.07) is 0. The van der Waals surface area contributed by atoms with Crippen molar-refractivity contribution in [2.45, 2.75) is 76.5 Å². The number of aliphatic hydroxyl groups is 3. The van der Waals surface area contributed by atoms with Crippen molar-refractivity contribution in [2.75, 3.05) is 6.61 Å². The van der Waals surface area contributed by atoms with E-state index >= 15 is 0 Å². The van der Waals surface area contributed by atoms with Crippen molar-refractivity contribution < 1.29 is 34.0 Å². The van der Waals surface area contributed by atoms with E-state index in [1.165, 1.54) is 6.92 Å². The molecule has 1 fully saturated rings. The SMILES string of the molecule is CC(=O)O[C@@H]1[C@@H](O)[C@@H](O)O[C@H](CO[Si](C)(C)C(C)(C)C)[C@H]1O. The second-order valence-electron chi connectivity index (χ2n) is 7.19. The number of hydrogen-bond acceptors (Lipinski definition) is 7. The number of aliphatic hydroxyl groups excluding tert-OH is 3. The van der Waals surface area contributed by atoms with Gasteiger partial charge in [0.05, 0.1) is 6.61 Å². The number of esters is 1. The fraction of sp³-hybridized carbons (Fsp3) is 0.929. The monoisotopic (exact) mass is 336 g/mol. The van der Waals surface area contributed by atoms with Gasteiger partial charge in [0.1, 0.15) is 18.3 Å². The lowest BCUT2D eigenvalue weighted by molar-refractivity contribution is -0.288. The van der Waals surface area contributed by atoms with Gasteiger partial charge in [0.2, 0.25) is 0 Å². The average molecular weight is 336 g/mol. The maximum atomic E-state index is 11.1. The van der Waals surface area contributed by atoms with Crippen LogP contribution >= 0.6 is 0 Å². The Morgan fingerprint density at radius 1 is 1.18 bits per heavy atom. The van der Waals surface area contributed by atoms with Crippen LogP contribution in [-0.4, -0.2) is 66.9 Å². The second-order valence-corrected chi connectivity index (χ2v) is 12.0. The Balaban J connectivity index is 2.76. The topological polar surface area (TPSA) is 105 Å². The minimum Gasteiger partial charge on any atom is -0.457 e. The second kappa shape index (κ2) is 6.94. The van der Waals surface area contributed by atoms with Crippen molar-refractivity contribution in [1.29, 1.82) is 0 Å². The Morgan fingerprint density at radius 2 is 1.73 bits per heavy atom. The molecule has 0 spiro atoms. The lowest BCUT2D eigenvalue weighted by Gasteiger charge is -2.42. The molecule has 1 rings (SSSR count). The highest BCUT2D eigenvalue weighted by Crippen LogP contribution is 2.37. The third-order valence-electron chi connectivity index (χ3n) is 4.38. The summed E-state index contributed by atoms with van der Waals surface area (Å²) in [7, 11) is -2.05. The van der Waals surface area contributed by atoms with Crippen LogP contribution in [-0.2, 0) is 18.7 Å². The summed E-state index contributed by atoms with van der Waals surface area (Å²) in [6.45, 7) is 11.6. The minimum absolute atomic E-state index is 0.0139. The third kappa shape index (κ3) is 4.50. The summed E-state index contributed by atoms with van der Waals surface area (Å²) in [5.41, 5.74) is 0.